The predicted octanol–water partition coefficient (Wildman–Crippen LogP) is 2.96. The van der Waals surface area contributed by atoms with Gasteiger partial charge in [0.05, 0.1) is 5.92 Å². The lowest BCUT2D eigenvalue weighted by molar-refractivity contribution is -0.141. The van der Waals surface area contributed by atoms with Crippen molar-refractivity contribution in [1.82, 2.24) is 0 Å². The third-order valence-electron chi connectivity index (χ3n) is 5.93. The van der Waals surface area contributed by atoms with E-state index < -0.39 is 5.97 Å². The van der Waals surface area contributed by atoms with E-state index in [1.165, 1.54) is 12.0 Å². The van der Waals surface area contributed by atoms with Crippen molar-refractivity contribution >= 4 is 17.6 Å². The van der Waals surface area contributed by atoms with Crippen molar-refractivity contribution in [3.8, 4) is 0 Å². The summed E-state index contributed by atoms with van der Waals surface area (Å²) in [6, 6.07) is 8.26. The van der Waals surface area contributed by atoms with Gasteiger partial charge < -0.3 is 10.0 Å². The number of rotatable bonds is 2. The topological polar surface area (TPSA) is 57.6 Å². The van der Waals surface area contributed by atoms with Crippen LogP contribution in [0.1, 0.15) is 44.1 Å². The molecule has 1 aromatic rings. The summed E-state index contributed by atoms with van der Waals surface area (Å²) in [5.41, 5.74) is 2.56. The molecule has 0 bridgehead atoms. The van der Waals surface area contributed by atoms with Crippen LogP contribution in [0.25, 0.3) is 0 Å². The number of para-hydroxylation sites is 1. The Morgan fingerprint density at radius 1 is 1.14 bits per heavy atom. The molecule has 1 amide bonds. The van der Waals surface area contributed by atoms with Crippen LogP contribution in [-0.4, -0.2) is 23.5 Å². The second-order valence-electron chi connectivity index (χ2n) is 7.12. The Morgan fingerprint density at radius 2 is 1.86 bits per heavy atom. The largest absolute Gasteiger partial charge is 0.481 e. The number of hydrogen-bond acceptors (Lipinski definition) is 2. The van der Waals surface area contributed by atoms with E-state index >= 15 is 0 Å². The minimum atomic E-state index is -0.757. The summed E-state index contributed by atoms with van der Waals surface area (Å²) in [7, 11) is 0. The maximum atomic E-state index is 12.9. The molecule has 4 heteroatoms. The van der Waals surface area contributed by atoms with E-state index in [0.717, 1.165) is 25.1 Å². The Bertz CT molecular complexity index is 635. The highest BCUT2D eigenvalue weighted by Crippen LogP contribution is 2.53. The predicted molar refractivity (Wildman–Crippen MR) is 82.8 cm³/mol. The average Bonchev–Trinajstić information content (AvgIpc) is 3.09. The number of amides is 1. The number of nitrogens with zero attached hydrogens (tertiary/aromatic N) is 1. The van der Waals surface area contributed by atoms with Gasteiger partial charge in [0.1, 0.15) is 0 Å². The highest BCUT2D eigenvalue weighted by molar-refractivity contribution is 5.98. The Labute approximate surface area is 130 Å². The van der Waals surface area contributed by atoms with Crippen LogP contribution in [-0.2, 0) is 15.0 Å². The van der Waals surface area contributed by atoms with Gasteiger partial charge in [0.2, 0.25) is 5.91 Å². The van der Waals surface area contributed by atoms with Gasteiger partial charge in [0, 0.05) is 23.6 Å². The Kier molecular flexibility index (Phi) is 3.03. The van der Waals surface area contributed by atoms with E-state index in [1.54, 1.807) is 0 Å². The lowest BCUT2D eigenvalue weighted by Gasteiger charge is -2.39. The quantitative estimate of drug-likeness (QED) is 0.913. The molecule has 0 radical (unpaired) electrons. The molecule has 116 valence electrons. The maximum Gasteiger partial charge on any atom is 0.306 e. The number of carbonyl (C=O) groups excluding carboxylic acids is 1. The van der Waals surface area contributed by atoms with Crippen LogP contribution in [0.2, 0.25) is 0 Å². The van der Waals surface area contributed by atoms with E-state index in [2.05, 4.69) is 12.1 Å². The van der Waals surface area contributed by atoms with Gasteiger partial charge in [-0.05, 0) is 43.7 Å². The number of fused-ring (bicyclic) bond motifs is 2. The molecule has 2 aliphatic carbocycles. The normalized spacial score (nSPS) is 28.5. The van der Waals surface area contributed by atoms with Crippen LogP contribution in [0, 0.1) is 11.8 Å². The van der Waals surface area contributed by atoms with E-state index in [9.17, 15) is 9.59 Å². The fourth-order valence-corrected chi connectivity index (χ4v) is 4.51. The zero-order valence-corrected chi connectivity index (χ0v) is 12.6. The average molecular weight is 299 g/mol. The van der Waals surface area contributed by atoms with Gasteiger partial charge in [-0.15, -0.1) is 0 Å². The Morgan fingerprint density at radius 3 is 2.50 bits per heavy atom. The van der Waals surface area contributed by atoms with Gasteiger partial charge in [-0.1, -0.05) is 24.6 Å². The van der Waals surface area contributed by atoms with Gasteiger partial charge in [0.25, 0.3) is 0 Å². The van der Waals surface area contributed by atoms with Crippen molar-refractivity contribution in [3.63, 3.8) is 0 Å². The molecule has 1 N–H and O–H groups in total. The first-order chi connectivity index (χ1) is 10.6. The third-order valence-corrected chi connectivity index (χ3v) is 5.93. The van der Waals surface area contributed by atoms with Crippen LogP contribution in [0.4, 0.5) is 5.69 Å². The van der Waals surface area contributed by atoms with Gasteiger partial charge in [-0.2, -0.15) is 0 Å². The Hall–Kier alpha value is -1.84. The van der Waals surface area contributed by atoms with Crippen LogP contribution in [0.15, 0.2) is 24.3 Å². The smallest absolute Gasteiger partial charge is 0.306 e. The van der Waals surface area contributed by atoms with Crippen molar-refractivity contribution in [2.75, 3.05) is 11.4 Å². The number of anilines is 1. The molecule has 2 atom stereocenters. The summed E-state index contributed by atoms with van der Waals surface area (Å²) in [6.07, 6.45) is 5.40. The monoisotopic (exact) mass is 299 g/mol. The molecule has 1 aromatic carbocycles. The number of aliphatic carboxylic acids is 1. The van der Waals surface area contributed by atoms with Crippen LogP contribution >= 0.6 is 0 Å². The first-order valence-corrected chi connectivity index (χ1v) is 8.24. The van der Waals surface area contributed by atoms with Crippen LogP contribution < -0.4 is 4.90 Å². The van der Waals surface area contributed by atoms with Crippen LogP contribution in [0.5, 0.6) is 0 Å². The molecule has 4 nitrogen and oxygen atoms in total. The molecule has 2 saturated carbocycles. The summed E-state index contributed by atoms with van der Waals surface area (Å²) in [5, 5.41) is 9.14. The molecule has 0 saturated heterocycles. The molecular formula is C18H21NO3. The van der Waals surface area contributed by atoms with Crippen molar-refractivity contribution in [1.29, 1.82) is 0 Å². The molecule has 1 aliphatic heterocycles. The molecule has 1 spiro atoms. The van der Waals surface area contributed by atoms with Gasteiger partial charge >= 0.3 is 5.97 Å². The molecule has 22 heavy (non-hydrogen) atoms. The zero-order valence-electron chi connectivity index (χ0n) is 12.6. The van der Waals surface area contributed by atoms with Crippen molar-refractivity contribution in [3.05, 3.63) is 29.8 Å². The molecule has 4 rings (SSSR count). The van der Waals surface area contributed by atoms with Crippen LogP contribution in [0.3, 0.4) is 0 Å². The van der Waals surface area contributed by atoms with Gasteiger partial charge in [-0.25, -0.2) is 0 Å². The minimum Gasteiger partial charge on any atom is -0.481 e. The summed E-state index contributed by atoms with van der Waals surface area (Å²) in [6.45, 7) is 0.791. The van der Waals surface area contributed by atoms with E-state index in [0.29, 0.717) is 19.3 Å². The van der Waals surface area contributed by atoms with Crippen molar-refractivity contribution in [2.24, 2.45) is 11.8 Å². The lowest BCUT2D eigenvalue weighted by Crippen LogP contribution is -2.43. The molecular weight excluding hydrogens is 278 g/mol. The van der Waals surface area contributed by atoms with Gasteiger partial charge in [-0.3, -0.25) is 9.59 Å². The molecule has 0 unspecified atom stereocenters. The Balaban J connectivity index is 1.59. The molecule has 3 aliphatic rings. The van der Waals surface area contributed by atoms with Gasteiger partial charge in [0.15, 0.2) is 0 Å². The minimum absolute atomic E-state index is 0.121. The molecule has 2 fully saturated rings. The van der Waals surface area contributed by atoms with E-state index in [1.807, 2.05) is 17.0 Å². The summed E-state index contributed by atoms with van der Waals surface area (Å²) in [4.78, 5) is 26.0. The number of hydrogen-bond donors (Lipinski definition) is 1. The molecule has 1 heterocycles. The standard InChI is InChI=1S/C18H21NO3/c20-16(12-6-7-13(10-12)17(21)22)19-11-18(8-3-9-18)14-4-1-2-5-15(14)19/h1-2,4-5,12-13H,3,6-11H2,(H,21,22)/t12-,13+/m0/s1. The lowest BCUT2D eigenvalue weighted by atomic mass is 9.66. The summed E-state index contributed by atoms with van der Waals surface area (Å²) in [5.74, 6) is -1.08. The molecule has 0 aromatic heterocycles. The highest BCUT2D eigenvalue weighted by Gasteiger charge is 2.49. The second-order valence-corrected chi connectivity index (χ2v) is 7.12. The van der Waals surface area contributed by atoms with Crippen molar-refractivity contribution < 1.29 is 14.7 Å². The summed E-state index contributed by atoms with van der Waals surface area (Å²) < 4.78 is 0. The number of carboxylic acid groups (broad SMARTS) is 1. The third kappa shape index (κ3) is 1.89. The fourth-order valence-electron chi connectivity index (χ4n) is 4.51. The zero-order chi connectivity index (χ0) is 15.3. The first kappa shape index (κ1) is 13.8. The number of carboxylic acids is 1. The summed E-state index contributed by atoms with van der Waals surface area (Å²) >= 11 is 0. The number of carbonyl (C=O) groups is 2. The SMILES string of the molecule is O=C(O)[C@@H]1CC[C@H](C(=O)N2CC3(CCC3)c3ccccc32)C1. The maximum absolute atomic E-state index is 12.9. The first-order valence-electron chi connectivity index (χ1n) is 8.24. The van der Waals surface area contributed by atoms with E-state index in [4.69, 9.17) is 5.11 Å². The second kappa shape index (κ2) is 4.83. The van der Waals surface area contributed by atoms with E-state index in [-0.39, 0.29) is 23.2 Å². The van der Waals surface area contributed by atoms with Crippen molar-refractivity contribution in [2.45, 2.75) is 43.9 Å². The highest BCUT2D eigenvalue weighted by atomic mass is 16.4. The fraction of sp³-hybridized carbons (Fsp3) is 0.556. The number of benzene rings is 1.